The highest BCUT2D eigenvalue weighted by molar-refractivity contribution is 5.79. The highest BCUT2D eigenvalue weighted by atomic mass is 16.3. The molecule has 1 aromatic rings. The van der Waals surface area contributed by atoms with E-state index in [1.807, 2.05) is 0 Å². The lowest BCUT2D eigenvalue weighted by Gasteiger charge is -2.13. The molecule has 7 heteroatoms. The largest absolute Gasteiger partial charge is 0.385 e. The molecule has 0 bridgehead atoms. The van der Waals surface area contributed by atoms with Crippen LogP contribution in [0.4, 0.5) is 5.82 Å². The molecular weight excluding hydrogens is 176 g/mol. The van der Waals surface area contributed by atoms with Crippen molar-refractivity contribution in [2.45, 2.75) is 12.2 Å². The Balaban J connectivity index is 2.85. The van der Waals surface area contributed by atoms with Gasteiger partial charge in [-0.15, -0.1) is 0 Å². The summed E-state index contributed by atoms with van der Waals surface area (Å²) in [6.45, 7) is 0. The van der Waals surface area contributed by atoms with Gasteiger partial charge in [0.2, 0.25) is 5.91 Å². The van der Waals surface area contributed by atoms with Crippen molar-refractivity contribution >= 4 is 11.7 Å². The summed E-state index contributed by atoms with van der Waals surface area (Å²) >= 11 is 0. The molecular formula is C6H10N4O3. The van der Waals surface area contributed by atoms with Gasteiger partial charge in [0, 0.05) is 5.56 Å². The number of aliphatic hydroxyl groups is 2. The average molecular weight is 186 g/mol. The quantitative estimate of drug-likeness (QED) is 0.367. The van der Waals surface area contributed by atoms with E-state index in [9.17, 15) is 9.90 Å². The molecule has 0 fully saturated rings. The highest BCUT2D eigenvalue weighted by Gasteiger charge is 2.25. The van der Waals surface area contributed by atoms with Crippen LogP contribution in [0.15, 0.2) is 6.20 Å². The van der Waals surface area contributed by atoms with Crippen LogP contribution in [0, 0.1) is 0 Å². The Hall–Kier alpha value is -1.60. The number of nitrogens with two attached hydrogens (primary N) is 2. The van der Waals surface area contributed by atoms with Crippen molar-refractivity contribution in [3.8, 4) is 0 Å². The topological polar surface area (TPSA) is 138 Å². The second-order valence-electron chi connectivity index (χ2n) is 2.53. The predicted molar refractivity (Wildman–Crippen MR) is 43.2 cm³/mol. The van der Waals surface area contributed by atoms with Gasteiger partial charge in [-0.2, -0.15) is 5.10 Å². The zero-order chi connectivity index (χ0) is 10.0. The third-order valence-corrected chi connectivity index (χ3v) is 1.61. The van der Waals surface area contributed by atoms with Crippen LogP contribution in [0.1, 0.15) is 11.7 Å². The van der Waals surface area contributed by atoms with Crippen molar-refractivity contribution < 1.29 is 15.0 Å². The van der Waals surface area contributed by atoms with Gasteiger partial charge in [0.15, 0.2) is 6.10 Å². The molecule has 0 aliphatic rings. The van der Waals surface area contributed by atoms with Gasteiger partial charge in [-0.05, 0) is 0 Å². The molecule has 0 aliphatic heterocycles. The Morgan fingerprint density at radius 2 is 2.23 bits per heavy atom. The fourth-order valence-electron chi connectivity index (χ4n) is 0.867. The zero-order valence-electron chi connectivity index (χ0n) is 6.64. The maximum Gasteiger partial charge on any atom is 0.249 e. The number of carbonyl (C=O) groups excluding carboxylic acids is 1. The van der Waals surface area contributed by atoms with Crippen LogP contribution in [0.5, 0.6) is 0 Å². The second kappa shape index (κ2) is 3.42. The molecule has 0 saturated carbocycles. The first kappa shape index (κ1) is 9.49. The predicted octanol–water partition coefficient (Wildman–Crippen LogP) is -2.13. The van der Waals surface area contributed by atoms with Crippen LogP contribution in [0.25, 0.3) is 0 Å². The molecule has 13 heavy (non-hydrogen) atoms. The van der Waals surface area contributed by atoms with Crippen molar-refractivity contribution in [2.75, 3.05) is 5.73 Å². The smallest absolute Gasteiger partial charge is 0.249 e. The molecule has 1 amide bonds. The Labute approximate surface area is 73.4 Å². The Morgan fingerprint density at radius 1 is 1.62 bits per heavy atom. The molecule has 0 saturated heterocycles. The van der Waals surface area contributed by atoms with Crippen molar-refractivity contribution in [3.63, 3.8) is 0 Å². The number of rotatable bonds is 3. The maximum atomic E-state index is 10.5. The molecule has 0 radical (unpaired) electrons. The summed E-state index contributed by atoms with van der Waals surface area (Å²) in [5, 5.41) is 24.3. The molecule has 0 aromatic carbocycles. The van der Waals surface area contributed by atoms with E-state index in [2.05, 4.69) is 10.2 Å². The van der Waals surface area contributed by atoms with Crippen molar-refractivity contribution in [1.29, 1.82) is 0 Å². The summed E-state index contributed by atoms with van der Waals surface area (Å²) in [5.74, 6) is -0.930. The number of aliphatic hydroxyl groups excluding tert-OH is 2. The number of hydrogen-bond acceptors (Lipinski definition) is 5. The van der Waals surface area contributed by atoms with E-state index in [1.165, 1.54) is 6.20 Å². The highest BCUT2D eigenvalue weighted by Crippen LogP contribution is 2.20. The standard InChI is InChI=1S/C6H10N4O3/c7-5-2(1-9-10-5)3(11)4(12)6(8)13/h1,3-4,11-12H,(H2,8,13)(H3,7,9,10). The summed E-state index contributed by atoms with van der Waals surface area (Å²) in [5.41, 5.74) is 10.3. The normalized spacial score (nSPS) is 15.2. The first-order valence-electron chi connectivity index (χ1n) is 3.48. The van der Waals surface area contributed by atoms with E-state index < -0.39 is 18.1 Å². The van der Waals surface area contributed by atoms with Crippen molar-refractivity contribution in [3.05, 3.63) is 11.8 Å². The van der Waals surface area contributed by atoms with E-state index in [-0.39, 0.29) is 11.4 Å². The van der Waals surface area contributed by atoms with Gasteiger partial charge in [0.05, 0.1) is 6.20 Å². The van der Waals surface area contributed by atoms with E-state index in [0.717, 1.165) is 0 Å². The van der Waals surface area contributed by atoms with E-state index in [0.29, 0.717) is 0 Å². The Morgan fingerprint density at radius 3 is 2.62 bits per heavy atom. The lowest BCUT2D eigenvalue weighted by molar-refractivity contribution is -0.131. The number of nitrogen functional groups attached to an aromatic ring is 1. The second-order valence-corrected chi connectivity index (χ2v) is 2.53. The third kappa shape index (κ3) is 1.76. The fraction of sp³-hybridized carbons (Fsp3) is 0.333. The van der Waals surface area contributed by atoms with Gasteiger partial charge in [0.1, 0.15) is 11.9 Å². The molecule has 2 atom stereocenters. The molecule has 72 valence electrons. The molecule has 7 N–H and O–H groups in total. The molecule has 7 nitrogen and oxygen atoms in total. The molecule has 2 unspecified atom stereocenters. The minimum Gasteiger partial charge on any atom is -0.385 e. The van der Waals surface area contributed by atoms with Gasteiger partial charge in [-0.1, -0.05) is 0 Å². The number of aromatic nitrogens is 2. The molecule has 1 heterocycles. The van der Waals surface area contributed by atoms with E-state index in [1.54, 1.807) is 0 Å². The van der Waals surface area contributed by atoms with Gasteiger partial charge in [-0.25, -0.2) is 0 Å². The van der Waals surface area contributed by atoms with Gasteiger partial charge in [-0.3, -0.25) is 9.89 Å². The van der Waals surface area contributed by atoms with Gasteiger partial charge in [0.25, 0.3) is 0 Å². The van der Waals surface area contributed by atoms with Crippen LogP contribution in [-0.4, -0.2) is 32.4 Å². The number of nitrogens with zero attached hydrogens (tertiary/aromatic N) is 1. The first-order chi connectivity index (χ1) is 6.04. The Kier molecular flexibility index (Phi) is 2.49. The van der Waals surface area contributed by atoms with Crippen molar-refractivity contribution in [2.24, 2.45) is 5.73 Å². The van der Waals surface area contributed by atoms with Crippen LogP contribution in [-0.2, 0) is 4.79 Å². The summed E-state index contributed by atoms with van der Waals surface area (Å²) in [6.07, 6.45) is -1.91. The number of anilines is 1. The third-order valence-electron chi connectivity index (χ3n) is 1.61. The van der Waals surface area contributed by atoms with Crippen LogP contribution >= 0.6 is 0 Å². The summed E-state index contributed by atoms with van der Waals surface area (Å²) < 4.78 is 0. The maximum absolute atomic E-state index is 10.5. The minimum absolute atomic E-state index is 0.0906. The number of carbonyl (C=O) groups is 1. The molecule has 0 spiro atoms. The lowest BCUT2D eigenvalue weighted by atomic mass is 10.1. The van der Waals surface area contributed by atoms with Crippen LogP contribution in [0.2, 0.25) is 0 Å². The zero-order valence-corrected chi connectivity index (χ0v) is 6.64. The SMILES string of the molecule is NC(=O)C(O)C(O)c1cn[nH]c1N. The van der Waals surface area contributed by atoms with Gasteiger partial charge >= 0.3 is 0 Å². The number of hydrogen-bond donors (Lipinski definition) is 5. The molecule has 0 aliphatic carbocycles. The Bertz CT molecular complexity index is 311. The number of amides is 1. The molecule has 1 aromatic heterocycles. The van der Waals surface area contributed by atoms with Gasteiger partial charge < -0.3 is 21.7 Å². The number of primary amides is 1. The van der Waals surface area contributed by atoms with Crippen molar-refractivity contribution in [1.82, 2.24) is 10.2 Å². The van der Waals surface area contributed by atoms with Crippen LogP contribution in [0.3, 0.4) is 0 Å². The summed E-state index contributed by atoms with van der Waals surface area (Å²) in [4.78, 5) is 10.5. The van der Waals surface area contributed by atoms with E-state index in [4.69, 9.17) is 16.6 Å². The average Bonchev–Trinajstić information content (AvgIpc) is 2.48. The molecule has 1 rings (SSSR count). The number of aromatic amines is 1. The fourth-order valence-corrected chi connectivity index (χ4v) is 0.867. The first-order valence-corrected chi connectivity index (χ1v) is 3.48. The van der Waals surface area contributed by atoms with Crippen LogP contribution < -0.4 is 11.5 Å². The lowest BCUT2D eigenvalue weighted by Crippen LogP contribution is -2.34. The monoisotopic (exact) mass is 186 g/mol. The number of nitrogens with one attached hydrogen (secondary N) is 1. The summed E-state index contributed by atoms with van der Waals surface area (Å²) in [7, 11) is 0. The summed E-state index contributed by atoms with van der Waals surface area (Å²) in [6, 6.07) is 0. The van der Waals surface area contributed by atoms with E-state index >= 15 is 0 Å². The number of H-pyrrole nitrogens is 1. The minimum atomic E-state index is -1.68.